The normalized spacial score (nSPS) is 14.6. The summed E-state index contributed by atoms with van der Waals surface area (Å²) in [5.41, 5.74) is 1.05. The molecular weight excluding hydrogens is 242 g/mol. The van der Waals surface area contributed by atoms with Crippen LogP contribution in [0.1, 0.15) is 15.9 Å². The number of amides is 2. The van der Waals surface area contributed by atoms with E-state index >= 15 is 0 Å². The molecule has 1 heterocycles. The summed E-state index contributed by atoms with van der Waals surface area (Å²) >= 11 is 5.45. The SMILES string of the molecule is Cc1cccc(C(=O)Cl)c1N1C(=O)C=CC1=O. The molecule has 0 fully saturated rings. The molecule has 4 nitrogen and oxygen atoms in total. The van der Waals surface area contributed by atoms with Crippen LogP contribution in [0, 0.1) is 6.92 Å². The number of aryl methyl sites for hydroxylation is 1. The fraction of sp³-hybridized carbons (Fsp3) is 0.0833. The highest BCUT2D eigenvalue weighted by Gasteiger charge is 2.29. The smallest absolute Gasteiger partial charge is 0.258 e. The van der Waals surface area contributed by atoms with E-state index in [1.54, 1.807) is 19.1 Å². The highest BCUT2D eigenvalue weighted by atomic mass is 35.5. The van der Waals surface area contributed by atoms with E-state index in [-0.39, 0.29) is 11.3 Å². The van der Waals surface area contributed by atoms with Crippen molar-refractivity contribution in [2.75, 3.05) is 4.90 Å². The summed E-state index contributed by atoms with van der Waals surface area (Å²) in [5, 5.41) is -0.698. The molecule has 1 aromatic carbocycles. The predicted octanol–water partition coefficient (Wildman–Crippen LogP) is 1.80. The lowest BCUT2D eigenvalue weighted by Crippen LogP contribution is -2.31. The summed E-state index contributed by atoms with van der Waals surface area (Å²) in [4.78, 5) is 35.4. The summed E-state index contributed by atoms with van der Waals surface area (Å²) in [5.74, 6) is -0.938. The first-order valence-electron chi connectivity index (χ1n) is 4.88. The van der Waals surface area contributed by atoms with Gasteiger partial charge in [0.15, 0.2) is 0 Å². The lowest BCUT2D eigenvalue weighted by molar-refractivity contribution is -0.119. The molecule has 1 aliphatic heterocycles. The average Bonchev–Trinajstić information content (AvgIpc) is 2.59. The van der Waals surface area contributed by atoms with Gasteiger partial charge in [-0.05, 0) is 30.2 Å². The van der Waals surface area contributed by atoms with Gasteiger partial charge in [-0.3, -0.25) is 14.4 Å². The van der Waals surface area contributed by atoms with Crippen molar-refractivity contribution in [1.82, 2.24) is 0 Å². The summed E-state index contributed by atoms with van der Waals surface area (Å²) in [6, 6.07) is 4.83. The third kappa shape index (κ3) is 1.87. The van der Waals surface area contributed by atoms with E-state index in [1.165, 1.54) is 6.07 Å². The summed E-state index contributed by atoms with van der Waals surface area (Å²) in [6.45, 7) is 1.71. The maximum atomic E-state index is 11.6. The molecule has 2 rings (SSSR count). The molecule has 5 heteroatoms. The first-order chi connectivity index (χ1) is 8.02. The zero-order valence-corrected chi connectivity index (χ0v) is 9.69. The molecule has 0 atom stereocenters. The molecule has 2 amide bonds. The fourth-order valence-electron chi connectivity index (χ4n) is 1.74. The molecule has 0 unspecified atom stereocenters. The second-order valence-corrected chi connectivity index (χ2v) is 3.93. The quantitative estimate of drug-likeness (QED) is 0.593. The lowest BCUT2D eigenvalue weighted by Gasteiger charge is -2.18. The van der Waals surface area contributed by atoms with Gasteiger partial charge in [0.1, 0.15) is 0 Å². The van der Waals surface area contributed by atoms with Crippen LogP contribution in [-0.2, 0) is 9.59 Å². The number of nitrogens with zero attached hydrogens (tertiary/aromatic N) is 1. The maximum absolute atomic E-state index is 11.6. The zero-order chi connectivity index (χ0) is 12.6. The van der Waals surface area contributed by atoms with Gasteiger partial charge >= 0.3 is 0 Å². The van der Waals surface area contributed by atoms with Crippen molar-refractivity contribution in [3.8, 4) is 0 Å². The minimum Gasteiger partial charge on any atom is -0.276 e. The Hall–Kier alpha value is -1.94. The number of para-hydroxylation sites is 1. The molecule has 0 radical (unpaired) electrons. The average molecular weight is 250 g/mol. The van der Waals surface area contributed by atoms with Crippen molar-refractivity contribution in [3.05, 3.63) is 41.5 Å². The minimum atomic E-state index is -0.698. The van der Waals surface area contributed by atoms with Gasteiger partial charge in [-0.15, -0.1) is 0 Å². The van der Waals surface area contributed by atoms with Gasteiger partial charge < -0.3 is 0 Å². The van der Waals surface area contributed by atoms with E-state index in [9.17, 15) is 14.4 Å². The number of halogens is 1. The van der Waals surface area contributed by atoms with E-state index in [0.29, 0.717) is 5.56 Å². The topological polar surface area (TPSA) is 54.5 Å². The number of carbonyl (C=O) groups excluding carboxylic acids is 3. The molecule has 0 saturated carbocycles. The number of anilines is 1. The van der Waals surface area contributed by atoms with E-state index in [2.05, 4.69) is 0 Å². The van der Waals surface area contributed by atoms with Crippen molar-refractivity contribution < 1.29 is 14.4 Å². The molecule has 0 saturated heterocycles. The van der Waals surface area contributed by atoms with Crippen LogP contribution in [0.4, 0.5) is 5.69 Å². The molecular formula is C12H8ClNO3. The van der Waals surface area contributed by atoms with E-state index in [1.807, 2.05) is 0 Å². The van der Waals surface area contributed by atoms with E-state index in [4.69, 9.17) is 11.6 Å². The van der Waals surface area contributed by atoms with Gasteiger partial charge in [0, 0.05) is 12.2 Å². The summed E-state index contributed by atoms with van der Waals surface area (Å²) < 4.78 is 0. The number of benzene rings is 1. The van der Waals surface area contributed by atoms with Crippen LogP contribution < -0.4 is 4.90 Å². The van der Waals surface area contributed by atoms with Gasteiger partial charge in [-0.1, -0.05) is 12.1 Å². The Bertz CT molecular complexity index is 545. The number of carbonyl (C=O) groups is 3. The Morgan fingerprint density at radius 1 is 1.18 bits per heavy atom. The van der Waals surface area contributed by atoms with Crippen molar-refractivity contribution in [2.24, 2.45) is 0 Å². The van der Waals surface area contributed by atoms with Crippen LogP contribution in [0.15, 0.2) is 30.4 Å². The van der Waals surface area contributed by atoms with Crippen molar-refractivity contribution in [1.29, 1.82) is 0 Å². The lowest BCUT2D eigenvalue weighted by atomic mass is 10.1. The molecule has 0 aromatic heterocycles. The molecule has 0 aliphatic carbocycles. The Balaban J connectivity index is 2.63. The van der Waals surface area contributed by atoms with Crippen molar-refractivity contribution >= 4 is 34.3 Å². The highest BCUT2D eigenvalue weighted by Crippen LogP contribution is 2.28. The van der Waals surface area contributed by atoms with Gasteiger partial charge in [0.25, 0.3) is 17.1 Å². The minimum absolute atomic E-state index is 0.150. The number of imide groups is 1. The Morgan fingerprint density at radius 2 is 1.76 bits per heavy atom. The van der Waals surface area contributed by atoms with Gasteiger partial charge in [0.05, 0.1) is 11.3 Å². The fourth-order valence-corrected chi connectivity index (χ4v) is 1.89. The maximum Gasteiger partial charge on any atom is 0.258 e. The van der Waals surface area contributed by atoms with Crippen molar-refractivity contribution in [3.63, 3.8) is 0 Å². The van der Waals surface area contributed by atoms with Crippen molar-refractivity contribution in [2.45, 2.75) is 6.92 Å². The first-order valence-corrected chi connectivity index (χ1v) is 5.25. The van der Waals surface area contributed by atoms with E-state index < -0.39 is 17.1 Å². The van der Waals surface area contributed by atoms with Crippen LogP contribution in [-0.4, -0.2) is 17.1 Å². The molecule has 17 heavy (non-hydrogen) atoms. The van der Waals surface area contributed by atoms with Crippen LogP contribution >= 0.6 is 11.6 Å². The summed E-state index contributed by atoms with van der Waals surface area (Å²) in [7, 11) is 0. The largest absolute Gasteiger partial charge is 0.276 e. The number of hydrogen-bond donors (Lipinski definition) is 0. The molecule has 0 N–H and O–H groups in total. The van der Waals surface area contributed by atoms with Crippen LogP contribution in [0.3, 0.4) is 0 Å². The number of hydrogen-bond acceptors (Lipinski definition) is 3. The molecule has 0 bridgehead atoms. The second-order valence-electron chi connectivity index (χ2n) is 3.59. The zero-order valence-electron chi connectivity index (χ0n) is 8.94. The van der Waals surface area contributed by atoms with Crippen LogP contribution in [0.25, 0.3) is 0 Å². The van der Waals surface area contributed by atoms with Gasteiger partial charge in [-0.25, -0.2) is 4.90 Å². The molecule has 1 aliphatic rings. The Labute approximate surface area is 102 Å². The molecule has 0 spiro atoms. The third-order valence-electron chi connectivity index (χ3n) is 2.48. The third-order valence-corrected chi connectivity index (χ3v) is 2.69. The van der Waals surface area contributed by atoms with Crippen LogP contribution in [0.2, 0.25) is 0 Å². The molecule has 1 aromatic rings. The molecule has 86 valence electrons. The summed E-state index contributed by atoms with van der Waals surface area (Å²) in [6.07, 6.45) is 2.33. The van der Waals surface area contributed by atoms with Crippen LogP contribution in [0.5, 0.6) is 0 Å². The second kappa shape index (κ2) is 4.14. The number of rotatable bonds is 2. The standard InChI is InChI=1S/C12H8ClNO3/c1-7-3-2-4-8(12(13)17)11(7)14-9(15)5-6-10(14)16/h2-6H,1H3. The Morgan fingerprint density at radius 3 is 2.29 bits per heavy atom. The van der Waals surface area contributed by atoms with Gasteiger partial charge in [-0.2, -0.15) is 0 Å². The predicted molar refractivity (Wildman–Crippen MR) is 63.0 cm³/mol. The monoisotopic (exact) mass is 249 g/mol. The van der Waals surface area contributed by atoms with Gasteiger partial charge in [0.2, 0.25) is 0 Å². The highest BCUT2D eigenvalue weighted by molar-refractivity contribution is 6.68. The first kappa shape index (κ1) is 11.5. The van der Waals surface area contributed by atoms with E-state index in [0.717, 1.165) is 17.1 Å². The Kier molecular flexibility index (Phi) is 2.81.